The van der Waals surface area contributed by atoms with Gasteiger partial charge in [-0.3, -0.25) is 4.79 Å². The number of hydrogen-bond donors (Lipinski definition) is 4. The van der Waals surface area contributed by atoms with Crippen molar-refractivity contribution in [2.24, 2.45) is 11.8 Å². The van der Waals surface area contributed by atoms with Crippen LogP contribution in [0, 0.1) is 11.8 Å². The van der Waals surface area contributed by atoms with E-state index in [1.165, 1.54) is 4.88 Å². The maximum Gasteiger partial charge on any atom is 0.303 e. The number of rotatable bonds is 11. The van der Waals surface area contributed by atoms with Gasteiger partial charge in [-0.05, 0) is 49.5 Å². The van der Waals surface area contributed by atoms with Crippen LogP contribution in [0.5, 0.6) is 0 Å². The van der Waals surface area contributed by atoms with Crippen molar-refractivity contribution in [1.29, 1.82) is 0 Å². The number of aliphatic hydroxyl groups is 3. The summed E-state index contributed by atoms with van der Waals surface area (Å²) in [6.07, 6.45) is 9.63. The smallest absolute Gasteiger partial charge is 0.303 e. The van der Waals surface area contributed by atoms with Gasteiger partial charge in [0, 0.05) is 23.6 Å². The molecule has 0 radical (unpaired) electrons. The van der Waals surface area contributed by atoms with Crippen molar-refractivity contribution in [2.75, 3.05) is 0 Å². The normalized spacial score (nSPS) is 26.9. The summed E-state index contributed by atoms with van der Waals surface area (Å²) in [6.45, 7) is 0. The Morgan fingerprint density at radius 3 is 2.81 bits per heavy atom. The minimum absolute atomic E-state index is 0.0866. The summed E-state index contributed by atoms with van der Waals surface area (Å²) < 4.78 is 0. The van der Waals surface area contributed by atoms with Gasteiger partial charge in [-0.25, -0.2) is 0 Å². The van der Waals surface area contributed by atoms with Crippen LogP contribution >= 0.6 is 11.3 Å². The molecular weight excluding hydrogens is 364 g/mol. The van der Waals surface area contributed by atoms with Crippen LogP contribution in [0.3, 0.4) is 0 Å². The number of carbonyl (C=O) groups is 1. The van der Waals surface area contributed by atoms with Crippen LogP contribution in [0.1, 0.15) is 43.4 Å². The molecule has 0 aliphatic heterocycles. The monoisotopic (exact) mass is 394 g/mol. The highest BCUT2D eigenvalue weighted by molar-refractivity contribution is 7.09. The minimum atomic E-state index is -0.791. The molecule has 5 atom stereocenters. The first-order valence-electron chi connectivity index (χ1n) is 9.59. The van der Waals surface area contributed by atoms with Crippen molar-refractivity contribution >= 4 is 17.3 Å². The maximum atomic E-state index is 10.5. The lowest BCUT2D eigenvalue weighted by Crippen LogP contribution is -2.20. The van der Waals surface area contributed by atoms with E-state index in [9.17, 15) is 20.1 Å². The highest BCUT2D eigenvalue weighted by atomic mass is 32.1. The number of carboxylic acids is 1. The first kappa shape index (κ1) is 21.8. The summed E-state index contributed by atoms with van der Waals surface area (Å²) in [7, 11) is 0. The molecule has 5 nitrogen and oxygen atoms in total. The van der Waals surface area contributed by atoms with Gasteiger partial charge in [0.25, 0.3) is 0 Å². The average Bonchev–Trinajstić information content (AvgIpc) is 3.22. The molecule has 1 heterocycles. The third-order valence-corrected chi connectivity index (χ3v) is 6.01. The zero-order valence-corrected chi connectivity index (χ0v) is 16.3. The van der Waals surface area contributed by atoms with Gasteiger partial charge in [0.2, 0.25) is 0 Å². The number of allylic oxidation sites excluding steroid dienone is 2. The van der Waals surface area contributed by atoms with Crippen LogP contribution in [0.2, 0.25) is 0 Å². The van der Waals surface area contributed by atoms with Gasteiger partial charge in [-0.1, -0.05) is 30.4 Å². The summed E-state index contributed by atoms with van der Waals surface area (Å²) in [5.41, 5.74) is 0. The van der Waals surface area contributed by atoms with E-state index in [1.54, 1.807) is 17.4 Å². The molecule has 1 aromatic heterocycles. The van der Waals surface area contributed by atoms with Crippen LogP contribution in [-0.2, 0) is 11.2 Å². The molecule has 4 N–H and O–H groups in total. The van der Waals surface area contributed by atoms with Crippen LogP contribution in [0.4, 0.5) is 0 Å². The van der Waals surface area contributed by atoms with Gasteiger partial charge in [-0.2, -0.15) is 0 Å². The van der Waals surface area contributed by atoms with Crippen molar-refractivity contribution in [3.63, 3.8) is 0 Å². The van der Waals surface area contributed by atoms with E-state index < -0.39 is 24.3 Å². The topological polar surface area (TPSA) is 98.0 Å². The van der Waals surface area contributed by atoms with E-state index in [0.29, 0.717) is 32.1 Å². The van der Waals surface area contributed by atoms with Crippen LogP contribution in [-0.4, -0.2) is 44.7 Å². The standard InChI is InChI=1S/C21H30O5S/c22-15(9-11-16-6-5-13-27-16)10-12-18-17(19(23)14-20(18)24)7-3-1-2-4-8-21(25)26/h1,3,5-6,10,12-13,15,17-20,22-24H,2,4,7-9,11,14H2,(H,25,26)/t15-,17+,18+,19-,20+/m0/s1. The zero-order chi connectivity index (χ0) is 19.6. The fourth-order valence-electron chi connectivity index (χ4n) is 3.55. The Bertz CT molecular complexity index is 610. The summed E-state index contributed by atoms with van der Waals surface area (Å²) >= 11 is 1.68. The zero-order valence-electron chi connectivity index (χ0n) is 15.5. The molecule has 27 heavy (non-hydrogen) atoms. The summed E-state index contributed by atoms with van der Waals surface area (Å²) in [4.78, 5) is 11.7. The van der Waals surface area contributed by atoms with Crippen LogP contribution < -0.4 is 0 Å². The van der Waals surface area contributed by atoms with E-state index in [1.807, 2.05) is 29.7 Å². The number of unbranched alkanes of at least 4 members (excludes halogenated alkanes) is 1. The number of aliphatic carboxylic acids is 1. The first-order chi connectivity index (χ1) is 13.0. The molecule has 0 bridgehead atoms. The number of carboxylic acid groups (broad SMARTS) is 1. The Kier molecular flexibility index (Phi) is 9.21. The van der Waals surface area contributed by atoms with Gasteiger partial charge in [0.15, 0.2) is 0 Å². The van der Waals surface area contributed by atoms with Gasteiger partial charge >= 0.3 is 5.97 Å². The summed E-state index contributed by atoms with van der Waals surface area (Å²) in [5.74, 6) is -1.06. The molecule has 0 aromatic carbocycles. The Hall–Kier alpha value is -1.47. The quantitative estimate of drug-likeness (QED) is 0.341. The van der Waals surface area contributed by atoms with E-state index >= 15 is 0 Å². The predicted octanol–water partition coefficient (Wildman–Crippen LogP) is 3.16. The fraction of sp³-hybridized carbons (Fsp3) is 0.571. The van der Waals surface area contributed by atoms with Gasteiger partial charge < -0.3 is 20.4 Å². The maximum absolute atomic E-state index is 10.5. The first-order valence-corrected chi connectivity index (χ1v) is 10.5. The predicted molar refractivity (Wildman–Crippen MR) is 107 cm³/mol. The van der Waals surface area contributed by atoms with Gasteiger partial charge in [-0.15, -0.1) is 11.3 Å². The third kappa shape index (κ3) is 7.58. The Labute approximate surface area is 164 Å². The Morgan fingerprint density at radius 1 is 1.30 bits per heavy atom. The van der Waals surface area contributed by atoms with Crippen LogP contribution in [0.25, 0.3) is 0 Å². The Balaban J connectivity index is 1.81. The molecular formula is C21H30O5S. The molecule has 1 aromatic rings. The second-order valence-corrected chi connectivity index (χ2v) is 8.21. The molecule has 0 saturated heterocycles. The van der Waals surface area contributed by atoms with E-state index in [0.717, 1.165) is 6.42 Å². The molecule has 0 amide bonds. The fourth-order valence-corrected chi connectivity index (χ4v) is 4.27. The molecule has 0 spiro atoms. The van der Waals surface area contributed by atoms with Crippen molar-refractivity contribution in [1.82, 2.24) is 0 Å². The van der Waals surface area contributed by atoms with E-state index in [2.05, 4.69) is 6.07 Å². The van der Waals surface area contributed by atoms with Crippen molar-refractivity contribution < 1.29 is 25.2 Å². The lowest BCUT2D eigenvalue weighted by atomic mass is 9.89. The van der Waals surface area contributed by atoms with Crippen molar-refractivity contribution in [3.05, 3.63) is 46.7 Å². The SMILES string of the molecule is O=C(O)CCCC=CC[C@@H]1[C@@H](C=C[C@@H](O)CCc2cccs2)[C@H](O)C[C@@H]1O. The second-order valence-electron chi connectivity index (χ2n) is 7.17. The Morgan fingerprint density at radius 2 is 2.11 bits per heavy atom. The number of thiophene rings is 1. The summed E-state index contributed by atoms with van der Waals surface area (Å²) in [5, 5.41) is 41.3. The van der Waals surface area contributed by atoms with Crippen molar-refractivity contribution in [2.45, 2.75) is 63.3 Å². The van der Waals surface area contributed by atoms with E-state index in [-0.39, 0.29) is 18.3 Å². The molecule has 150 valence electrons. The largest absolute Gasteiger partial charge is 0.481 e. The molecule has 0 unspecified atom stereocenters. The number of aryl methyl sites for hydroxylation is 1. The van der Waals surface area contributed by atoms with Crippen molar-refractivity contribution in [3.8, 4) is 0 Å². The molecule has 1 aliphatic carbocycles. The lowest BCUT2D eigenvalue weighted by molar-refractivity contribution is -0.137. The number of hydrogen-bond acceptors (Lipinski definition) is 5. The molecule has 2 rings (SSSR count). The minimum Gasteiger partial charge on any atom is -0.481 e. The highest BCUT2D eigenvalue weighted by Gasteiger charge is 2.39. The summed E-state index contributed by atoms with van der Waals surface area (Å²) in [6, 6.07) is 4.05. The second kappa shape index (κ2) is 11.4. The van der Waals surface area contributed by atoms with E-state index in [4.69, 9.17) is 5.11 Å². The number of aliphatic hydroxyl groups excluding tert-OH is 3. The molecule has 6 heteroatoms. The molecule has 1 saturated carbocycles. The van der Waals surface area contributed by atoms with Gasteiger partial charge in [0.05, 0.1) is 18.3 Å². The lowest BCUT2D eigenvalue weighted by Gasteiger charge is -2.19. The molecule has 1 aliphatic rings. The third-order valence-electron chi connectivity index (χ3n) is 5.07. The average molecular weight is 395 g/mol. The highest BCUT2D eigenvalue weighted by Crippen LogP contribution is 2.36. The van der Waals surface area contributed by atoms with Gasteiger partial charge in [0.1, 0.15) is 0 Å². The molecule has 1 fully saturated rings. The van der Waals surface area contributed by atoms with Crippen LogP contribution in [0.15, 0.2) is 41.8 Å².